The first-order valence-corrected chi connectivity index (χ1v) is 8.68. The lowest BCUT2D eigenvalue weighted by Crippen LogP contribution is -2.09. The Labute approximate surface area is 146 Å². The summed E-state index contributed by atoms with van der Waals surface area (Å²) in [4.78, 5) is 16.5. The highest BCUT2D eigenvalue weighted by Gasteiger charge is 2.22. The Bertz CT molecular complexity index is 910. The molecular formula is C20H21N3O2. The molecule has 1 fully saturated rings. The molecule has 0 radical (unpaired) electrons. The van der Waals surface area contributed by atoms with Crippen LogP contribution in [0.3, 0.4) is 0 Å². The minimum atomic E-state index is -0.340. The first kappa shape index (κ1) is 15.7. The van der Waals surface area contributed by atoms with Gasteiger partial charge in [0, 0.05) is 11.7 Å². The van der Waals surface area contributed by atoms with E-state index in [2.05, 4.69) is 22.0 Å². The van der Waals surface area contributed by atoms with Crippen molar-refractivity contribution in [1.82, 2.24) is 9.55 Å². The van der Waals surface area contributed by atoms with Crippen molar-refractivity contribution in [3.63, 3.8) is 0 Å². The number of ether oxygens (including phenoxy) is 1. The number of hydrogen-bond acceptors (Lipinski definition) is 4. The van der Waals surface area contributed by atoms with Crippen LogP contribution in [-0.4, -0.2) is 22.6 Å². The lowest BCUT2D eigenvalue weighted by atomic mass is 10.2. The van der Waals surface area contributed by atoms with Crippen molar-refractivity contribution in [2.75, 3.05) is 12.4 Å². The quantitative estimate of drug-likeness (QED) is 0.703. The second-order valence-electron chi connectivity index (χ2n) is 6.43. The lowest BCUT2D eigenvalue weighted by molar-refractivity contribution is 0.0601. The molecule has 3 aromatic rings. The van der Waals surface area contributed by atoms with Crippen LogP contribution >= 0.6 is 0 Å². The van der Waals surface area contributed by atoms with Crippen LogP contribution in [0, 0.1) is 0 Å². The molecule has 0 amide bonds. The number of benzene rings is 2. The highest BCUT2D eigenvalue weighted by atomic mass is 16.5. The number of hydrogen-bond donors (Lipinski definition) is 1. The summed E-state index contributed by atoms with van der Waals surface area (Å²) in [5.74, 6) is 0.489. The van der Waals surface area contributed by atoms with E-state index in [-0.39, 0.29) is 5.97 Å². The lowest BCUT2D eigenvalue weighted by Gasteiger charge is -2.17. The fraction of sp³-hybridized carbons (Fsp3) is 0.300. The van der Waals surface area contributed by atoms with Crippen LogP contribution in [0.25, 0.3) is 11.0 Å². The van der Waals surface area contributed by atoms with Crippen LogP contribution in [0.15, 0.2) is 48.5 Å². The average molecular weight is 335 g/mol. The molecule has 0 saturated heterocycles. The molecule has 128 valence electrons. The maximum absolute atomic E-state index is 11.8. The van der Waals surface area contributed by atoms with Crippen molar-refractivity contribution in [3.05, 3.63) is 54.1 Å². The second-order valence-corrected chi connectivity index (χ2v) is 6.43. The van der Waals surface area contributed by atoms with Gasteiger partial charge in [0.15, 0.2) is 0 Å². The van der Waals surface area contributed by atoms with E-state index in [0.29, 0.717) is 11.6 Å². The van der Waals surface area contributed by atoms with E-state index in [9.17, 15) is 4.79 Å². The largest absolute Gasteiger partial charge is 0.465 e. The molecule has 1 aliphatic carbocycles. The van der Waals surface area contributed by atoms with Crippen molar-refractivity contribution in [3.8, 4) is 0 Å². The predicted octanol–water partition coefficient (Wildman–Crippen LogP) is 4.68. The third kappa shape index (κ3) is 2.97. The van der Waals surface area contributed by atoms with Crippen LogP contribution in [0.5, 0.6) is 0 Å². The number of rotatable bonds is 4. The van der Waals surface area contributed by atoms with Gasteiger partial charge in [-0.1, -0.05) is 31.0 Å². The second kappa shape index (κ2) is 6.59. The molecule has 1 aromatic heterocycles. The highest BCUT2D eigenvalue weighted by molar-refractivity contribution is 5.90. The maximum atomic E-state index is 11.8. The summed E-state index contributed by atoms with van der Waals surface area (Å²) in [6.07, 6.45) is 4.87. The van der Waals surface area contributed by atoms with Gasteiger partial charge in [0.2, 0.25) is 5.95 Å². The number of nitrogens with one attached hydrogen (secondary N) is 1. The summed E-state index contributed by atoms with van der Waals surface area (Å²) in [7, 11) is 1.39. The molecule has 1 heterocycles. The number of carbonyl (C=O) groups is 1. The Morgan fingerprint density at radius 2 is 1.96 bits per heavy atom. The number of para-hydroxylation sites is 2. The van der Waals surface area contributed by atoms with Gasteiger partial charge in [-0.3, -0.25) is 0 Å². The molecule has 0 spiro atoms. The van der Waals surface area contributed by atoms with Crippen molar-refractivity contribution in [2.45, 2.75) is 31.7 Å². The van der Waals surface area contributed by atoms with E-state index >= 15 is 0 Å². The van der Waals surface area contributed by atoms with Crippen molar-refractivity contribution >= 4 is 28.6 Å². The van der Waals surface area contributed by atoms with Gasteiger partial charge < -0.3 is 14.6 Å². The number of aromatic nitrogens is 2. The van der Waals surface area contributed by atoms with Crippen molar-refractivity contribution < 1.29 is 9.53 Å². The molecule has 1 aliphatic rings. The molecule has 2 aromatic carbocycles. The van der Waals surface area contributed by atoms with Crippen molar-refractivity contribution in [1.29, 1.82) is 0 Å². The van der Waals surface area contributed by atoms with Crippen LogP contribution in [0.2, 0.25) is 0 Å². The molecule has 1 N–H and O–H groups in total. The summed E-state index contributed by atoms with van der Waals surface area (Å²) in [6, 6.07) is 16.0. The molecular weight excluding hydrogens is 314 g/mol. The van der Waals surface area contributed by atoms with Gasteiger partial charge in [-0.25, -0.2) is 9.78 Å². The van der Waals surface area contributed by atoms with Gasteiger partial charge in [-0.05, 0) is 43.2 Å². The molecule has 4 rings (SSSR count). The van der Waals surface area contributed by atoms with Crippen LogP contribution in [0.1, 0.15) is 42.1 Å². The maximum Gasteiger partial charge on any atom is 0.337 e. The third-order valence-electron chi connectivity index (χ3n) is 4.83. The number of nitrogens with zero attached hydrogens (tertiary/aromatic N) is 2. The summed E-state index contributed by atoms with van der Waals surface area (Å²) >= 11 is 0. The Balaban J connectivity index is 1.74. The molecule has 5 nitrogen and oxygen atoms in total. The van der Waals surface area contributed by atoms with Gasteiger partial charge in [0.1, 0.15) is 0 Å². The van der Waals surface area contributed by atoms with Crippen LogP contribution in [0.4, 0.5) is 11.6 Å². The Kier molecular flexibility index (Phi) is 4.14. The molecule has 25 heavy (non-hydrogen) atoms. The first-order valence-electron chi connectivity index (χ1n) is 8.68. The molecule has 0 unspecified atom stereocenters. The number of esters is 1. The third-order valence-corrected chi connectivity index (χ3v) is 4.83. The van der Waals surface area contributed by atoms with E-state index in [4.69, 9.17) is 9.72 Å². The Hall–Kier alpha value is -2.82. The average Bonchev–Trinajstić information content (AvgIpc) is 3.28. The number of imidazole rings is 1. The monoisotopic (exact) mass is 335 g/mol. The van der Waals surface area contributed by atoms with E-state index < -0.39 is 0 Å². The summed E-state index contributed by atoms with van der Waals surface area (Å²) < 4.78 is 7.12. The predicted molar refractivity (Wildman–Crippen MR) is 98.3 cm³/mol. The standard InChI is InChI=1S/C20H21N3O2/c1-25-19(24)14-7-6-8-15(13-14)21-20-22-17-11-4-5-12-18(17)23(20)16-9-2-3-10-16/h4-8,11-13,16H,2-3,9-10H2,1H3,(H,21,22). The van der Waals surface area contributed by atoms with Gasteiger partial charge in [0.05, 0.1) is 23.7 Å². The van der Waals surface area contributed by atoms with Gasteiger partial charge in [0.25, 0.3) is 0 Å². The fourth-order valence-corrected chi connectivity index (χ4v) is 3.64. The Morgan fingerprint density at radius 3 is 2.76 bits per heavy atom. The molecule has 1 saturated carbocycles. The van der Waals surface area contributed by atoms with Gasteiger partial charge in [-0.2, -0.15) is 0 Å². The zero-order chi connectivity index (χ0) is 17.2. The number of anilines is 2. The molecule has 0 bridgehead atoms. The van der Waals surface area contributed by atoms with Crippen molar-refractivity contribution in [2.24, 2.45) is 0 Å². The molecule has 0 atom stereocenters. The van der Waals surface area contributed by atoms with Crippen LogP contribution < -0.4 is 5.32 Å². The number of carbonyl (C=O) groups excluding carboxylic acids is 1. The summed E-state index contributed by atoms with van der Waals surface area (Å²) in [5.41, 5.74) is 3.50. The normalized spacial score (nSPS) is 14.8. The number of methoxy groups -OCH3 is 1. The minimum Gasteiger partial charge on any atom is -0.465 e. The number of fused-ring (bicyclic) bond motifs is 1. The van der Waals surface area contributed by atoms with E-state index in [1.54, 1.807) is 12.1 Å². The molecule has 5 heteroatoms. The first-order chi connectivity index (χ1) is 12.3. The zero-order valence-corrected chi connectivity index (χ0v) is 14.2. The van der Waals surface area contributed by atoms with Crippen LogP contribution in [-0.2, 0) is 4.74 Å². The van der Waals surface area contributed by atoms with Gasteiger partial charge >= 0.3 is 5.97 Å². The van der Waals surface area contributed by atoms with E-state index in [1.165, 1.54) is 32.8 Å². The Morgan fingerprint density at radius 1 is 1.16 bits per heavy atom. The zero-order valence-electron chi connectivity index (χ0n) is 14.2. The van der Waals surface area contributed by atoms with Gasteiger partial charge in [-0.15, -0.1) is 0 Å². The summed E-state index contributed by atoms with van der Waals surface area (Å²) in [6.45, 7) is 0. The minimum absolute atomic E-state index is 0.340. The summed E-state index contributed by atoms with van der Waals surface area (Å²) in [5, 5.41) is 3.40. The fourth-order valence-electron chi connectivity index (χ4n) is 3.64. The molecule has 0 aliphatic heterocycles. The highest BCUT2D eigenvalue weighted by Crippen LogP contribution is 2.36. The topological polar surface area (TPSA) is 56.1 Å². The smallest absolute Gasteiger partial charge is 0.337 e. The van der Waals surface area contributed by atoms with E-state index in [1.807, 2.05) is 24.3 Å². The van der Waals surface area contributed by atoms with E-state index in [0.717, 1.165) is 22.7 Å². The SMILES string of the molecule is COC(=O)c1cccc(Nc2nc3ccccc3n2C2CCCC2)c1.